The molecule has 0 unspecified atom stereocenters. The summed E-state index contributed by atoms with van der Waals surface area (Å²) in [6.45, 7) is 4.41. The van der Waals surface area contributed by atoms with Gasteiger partial charge in [0.2, 0.25) is 0 Å². The summed E-state index contributed by atoms with van der Waals surface area (Å²) in [7, 11) is 0. The molecule has 25 heavy (non-hydrogen) atoms. The van der Waals surface area contributed by atoms with Gasteiger partial charge in [-0.2, -0.15) is 11.3 Å². The molecule has 2 N–H and O–H groups in total. The lowest BCUT2D eigenvalue weighted by Crippen LogP contribution is -2.57. The molecule has 2 fully saturated rings. The van der Waals surface area contributed by atoms with Gasteiger partial charge in [0.1, 0.15) is 0 Å². The quantitative estimate of drug-likeness (QED) is 0.813. The molecule has 3 rings (SSSR count). The molecule has 7 heteroatoms. The van der Waals surface area contributed by atoms with E-state index in [2.05, 4.69) is 22.1 Å². The predicted octanol–water partition coefficient (Wildman–Crippen LogP) is 2.57. The van der Waals surface area contributed by atoms with Gasteiger partial charge in [-0.1, -0.05) is 6.92 Å². The van der Waals surface area contributed by atoms with Crippen molar-refractivity contribution in [3.05, 3.63) is 22.4 Å². The Bertz CT molecular complexity index is 578. The monoisotopic (exact) mass is 365 g/mol. The summed E-state index contributed by atoms with van der Waals surface area (Å²) in [5.74, 6) is -0.208. The molecule has 0 bridgehead atoms. The van der Waals surface area contributed by atoms with Crippen molar-refractivity contribution < 1.29 is 14.7 Å². The Morgan fingerprint density at radius 3 is 2.64 bits per heavy atom. The van der Waals surface area contributed by atoms with Crippen LogP contribution >= 0.6 is 11.3 Å². The Balaban J connectivity index is 1.39. The highest BCUT2D eigenvalue weighted by Gasteiger charge is 2.35. The molecule has 138 valence electrons. The molecule has 2 amide bonds. The molecule has 0 spiro atoms. The fraction of sp³-hybridized carbons (Fsp3) is 0.667. The number of urea groups is 1. The first-order valence-corrected chi connectivity index (χ1v) is 10.0. The molecule has 1 aliphatic carbocycles. The van der Waals surface area contributed by atoms with Crippen LogP contribution in [0.3, 0.4) is 0 Å². The van der Waals surface area contributed by atoms with E-state index >= 15 is 0 Å². The van der Waals surface area contributed by atoms with E-state index in [9.17, 15) is 9.59 Å². The van der Waals surface area contributed by atoms with Gasteiger partial charge in [0.25, 0.3) is 0 Å². The Morgan fingerprint density at radius 2 is 2.08 bits per heavy atom. The number of piperidine rings is 1. The first-order chi connectivity index (χ1) is 12.1. The van der Waals surface area contributed by atoms with Crippen LogP contribution in [0.5, 0.6) is 0 Å². The van der Waals surface area contributed by atoms with Crippen LogP contribution in [0.15, 0.2) is 16.8 Å². The van der Waals surface area contributed by atoms with Crippen LogP contribution < -0.4 is 5.32 Å². The summed E-state index contributed by atoms with van der Waals surface area (Å²) in [4.78, 5) is 27.2. The second-order valence-corrected chi connectivity index (χ2v) is 7.83. The second kappa shape index (κ2) is 8.19. The van der Waals surface area contributed by atoms with Gasteiger partial charge in [0, 0.05) is 25.2 Å². The number of carboxylic acid groups (broad SMARTS) is 1. The molecule has 6 nitrogen and oxygen atoms in total. The molecule has 2 aliphatic rings. The van der Waals surface area contributed by atoms with Gasteiger partial charge in [-0.25, -0.2) is 4.79 Å². The van der Waals surface area contributed by atoms with Crippen LogP contribution in [0.2, 0.25) is 0 Å². The molecule has 0 radical (unpaired) electrons. The second-order valence-electron chi connectivity index (χ2n) is 7.05. The van der Waals surface area contributed by atoms with Gasteiger partial charge >= 0.3 is 12.0 Å². The van der Waals surface area contributed by atoms with Crippen LogP contribution in [-0.2, 0) is 4.79 Å². The van der Waals surface area contributed by atoms with Crippen LogP contribution in [0.4, 0.5) is 4.79 Å². The lowest BCUT2D eigenvalue weighted by Gasteiger charge is -2.43. The number of nitrogens with zero attached hydrogens (tertiary/aromatic N) is 2. The molecule has 1 aromatic heterocycles. The Hall–Kier alpha value is -1.60. The number of carboxylic acids is 1. The lowest BCUT2D eigenvalue weighted by molar-refractivity contribution is -0.139. The first-order valence-electron chi connectivity index (χ1n) is 9.10. The standard InChI is InChI=1S/C18H27N3O3S/c1-2-20(11-17(22)23)16-9-15(10-16)19-18(24)21-6-3-13(4-7-21)14-5-8-25-12-14/h5,8,12-13,15-16H,2-4,6-7,9-11H2,1H3,(H,19,24)(H,22,23). The smallest absolute Gasteiger partial charge is 0.317 e. The highest BCUT2D eigenvalue weighted by molar-refractivity contribution is 7.07. The van der Waals surface area contributed by atoms with Crippen LogP contribution in [0.25, 0.3) is 0 Å². The van der Waals surface area contributed by atoms with E-state index in [0.29, 0.717) is 5.92 Å². The summed E-state index contributed by atoms with van der Waals surface area (Å²) in [5, 5.41) is 16.4. The molecule has 0 atom stereocenters. The van der Waals surface area contributed by atoms with Gasteiger partial charge in [0.05, 0.1) is 6.54 Å². The highest BCUT2D eigenvalue weighted by Crippen LogP contribution is 2.30. The average Bonchev–Trinajstić information content (AvgIpc) is 3.10. The summed E-state index contributed by atoms with van der Waals surface area (Å²) in [6.07, 6.45) is 3.75. The zero-order chi connectivity index (χ0) is 17.8. The third-order valence-electron chi connectivity index (χ3n) is 5.50. The van der Waals surface area contributed by atoms with Crippen molar-refractivity contribution in [3.63, 3.8) is 0 Å². The molecule has 1 aromatic rings. The van der Waals surface area contributed by atoms with Crippen LogP contribution in [-0.4, -0.2) is 65.2 Å². The van der Waals surface area contributed by atoms with Crippen LogP contribution in [0, 0.1) is 0 Å². The van der Waals surface area contributed by atoms with E-state index in [1.165, 1.54) is 5.56 Å². The van der Waals surface area contributed by atoms with Crippen LogP contribution in [0.1, 0.15) is 44.1 Å². The Labute approximate surface area is 152 Å². The minimum Gasteiger partial charge on any atom is -0.480 e. The number of carbonyl (C=O) groups excluding carboxylic acids is 1. The summed E-state index contributed by atoms with van der Waals surface area (Å²) in [5.41, 5.74) is 1.41. The molecule has 0 aromatic carbocycles. The largest absolute Gasteiger partial charge is 0.480 e. The van der Waals surface area contributed by atoms with Gasteiger partial charge in [-0.15, -0.1) is 0 Å². The number of nitrogens with one attached hydrogen (secondary N) is 1. The number of amides is 2. The molecular weight excluding hydrogens is 338 g/mol. The normalized spacial score (nSPS) is 24.2. The van der Waals surface area contributed by atoms with Crippen molar-refractivity contribution in [2.75, 3.05) is 26.2 Å². The lowest BCUT2D eigenvalue weighted by atomic mass is 9.85. The van der Waals surface area contributed by atoms with E-state index in [1.807, 2.05) is 16.7 Å². The third-order valence-corrected chi connectivity index (χ3v) is 6.20. The topological polar surface area (TPSA) is 72.9 Å². The van der Waals surface area contributed by atoms with E-state index in [4.69, 9.17) is 5.11 Å². The van der Waals surface area contributed by atoms with Crippen molar-refractivity contribution in [1.29, 1.82) is 0 Å². The SMILES string of the molecule is CCN(CC(=O)O)C1CC(NC(=O)N2CCC(c3ccsc3)CC2)C1. The first kappa shape index (κ1) is 18.2. The predicted molar refractivity (Wildman–Crippen MR) is 98.1 cm³/mol. The molecule has 2 heterocycles. The maximum absolute atomic E-state index is 12.4. The van der Waals surface area contributed by atoms with E-state index < -0.39 is 5.97 Å². The van der Waals surface area contributed by atoms with Gasteiger partial charge in [-0.3, -0.25) is 9.69 Å². The number of likely N-dealkylation sites (tertiary alicyclic amines) is 1. The molecule has 1 saturated heterocycles. The maximum Gasteiger partial charge on any atom is 0.317 e. The maximum atomic E-state index is 12.4. The van der Waals surface area contributed by atoms with Gasteiger partial charge < -0.3 is 15.3 Å². The fourth-order valence-electron chi connectivity index (χ4n) is 3.87. The number of hydrogen-bond donors (Lipinski definition) is 2. The van der Waals surface area contributed by atoms with Gasteiger partial charge in [-0.05, 0) is 60.5 Å². The fourth-order valence-corrected chi connectivity index (χ4v) is 4.61. The Morgan fingerprint density at radius 1 is 1.36 bits per heavy atom. The third kappa shape index (κ3) is 4.52. The summed E-state index contributed by atoms with van der Waals surface area (Å²) < 4.78 is 0. The number of likely N-dealkylation sites (N-methyl/N-ethyl adjacent to an activating group) is 1. The number of aliphatic carboxylic acids is 1. The van der Waals surface area contributed by atoms with E-state index in [-0.39, 0.29) is 24.7 Å². The zero-order valence-corrected chi connectivity index (χ0v) is 15.5. The molecule has 1 saturated carbocycles. The average molecular weight is 365 g/mol. The minimum absolute atomic E-state index is 0.0356. The summed E-state index contributed by atoms with van der Waals surface area (Å²) in [6, 6.07) is 2.68. The van der Waals surface area contributed by atoms with Crippen molar-refractivity contribution in [2.45, 2.75) is 50.6 Å². The number of thiophene rings is 1. The van der Waals surface area contributed by atoms with E-state index in [1.54, 1.807) is 11.3 Å². The number of hydrogen-bond acceptors (Lipinski definition) is 4. The van der Waals surface area contributed by atoms with E-state index in [0.717, 1.165) is 45.3 Å². The highest BCUT2D eigenvalue weighted by atomic mass is 32.1. The summed E-state index contributed by atoms with van der Waals surface area (Å²) >= 11 is 1.73. The van der Waals surface area contributed by atoms with Crippen molar-refractivity contribution in [1.82, 2.24) is 15.1 Å². The molecule has 1 aliphatic heterocycles. The number of carbonyl (C=O) groups is 2. The zero-order valence-electron chi connectivity index (χ0n) is 14.7. The Kier molecular flexibility index (Phi) is 5.96. The van der Waals surface area contributed by atoms with Crippen molar-refractivity contribution in [2.24, 2.45) is 0 Å². The molecular formula is C18H27N3O3S. The minimum atomic E-state index is -0.789. The van der Waals surface area contributed by atoms with Gasteiger partial charge in [0.15, 0.2) is 0 Å². The van der Waals surface area contributed by atoms with Crippen molar-refractivity contribution >= 4 is 23.3 Å². The van der Waals surface area contributed by atoms with Crippen molar-refractivity contribution in [3.8, 4) is 0 Å². The number of rotatable bonds is 6.